The van der Waals surface area contributed by atoms with E-state index in [4.69, 9.17) is 5.84 Å². The van der Waals surface area contributed by atoms with Crippen molar-refractivity contribution in [2.45, 2.75) is 13.1 Å². The minimum atomic E-state index is -4.54. The van der Waals surface area contributed by atoms with Crippen LogP contribution in [0.3, 0.4) is 0 Å². The molecule has 0 radical (unpaired) electrons. The van der Waals surface area contributed by atoms with Crippen LogP contribution in [0, 0.1) is 6.92 Å². The highest BCUT2D eigenvalue weighted by molar-refractivity contribution is 5.40. The standard InChI is InChI=1S/C6H7F3N4/c1-3-2-11-5(6(7,8)9)12-4(3)13-10/h2H,10H2,1H3,(H,11,12,13). The highest BCUT2D eigenvalue weighted by Crippen LogP contribution is 2.26. The molecule has 0 saturated heterocycles. The lowest BCUT2D eigenvalue weighted by Gasteiger charge is -2.07. The number of rotatable bonds is 1. The number of alkyl halides is 3. The Balaban J connectivity index is 3.14. The van der Waals surface area contributed by atoms with Gasteiger partial charge >= 0.3 is 6.18 Å². The SMILES string of the molecule is Cc1cnc(C(F)(F)F)nc1NN. The van der Waals surface area contributed by atoms with Crippen molar-refractivity contribution in [2.24, 2.45) is 5.84 Å². The molecule has 3 N–H and O–H groups in total. The van der Waals surface area contributed by atoms with E-state index in [0.717, 1.165) is 6.20 Å². The lowest BCUT2D eigenvalue weighted by molar-refractivity contribution is -0.144. The van der Waals surface area contributed by atoms with Gasteiger partial charge in [-0.2, -0.15) is 13.2 Å². The van der Waals surface area contributed by atoms with E-state index >= 15 is 0 Å². The summed E-state index contributed by atoms with van der Waals surface area (Å²) in [6.07, 6.45) is -3.48. The maximum atomic E-state index is 12.0. The van der Waals surface area contributed by atoms with Gasteiger partial charge in [-0.3, -0.25) is 0 Å². The van der Waals surface area contributed by atoms with E-state index in [9.17, 15) is 13.2 Å². The maximum Gasteiger partial charge on any atom is 0.451 e. The topological polar surface area (TPSA) is 63.8 Å². The summed E-state index contributed by atoms with van der Waals surface area (Å²) in [5.74, 6) is 3.73. The highest BCUT2D eigenvalue weighted by Gasteiger charge is 2.34. The Hall–Kier alpha value is -1.37. The van der Waals surface area contributed by atoms with Crippen LogP contribution in [0.5, 0.6) is 0 Å². The Kier molecular flexibility index (Phi) is 2.37. The van der Waals surface area contributed by atoms with Gasteiger partial charge in [-0.15, -0.1) is 0 Å². The van der Waals surface area contributed by atoms with Gasteiger partial charge < -0.3 is 5.43 Å². The number of aromatic nitrogens is 2. The molecule has 13 heavy (non-hydrogen) atoms. The maximum absolute atomic E-state index is 12.0. The van der Waals surface area contributed by atoms with Gasteiger partial charge in [0.25, 0.3) is 0 Å². The quantitative estimate of drug-likeness (QED) is 0.516. The van der Waals surface area contributed by atoms with Crippen molar-refractivity contribution >= 4 is 5.82 Å². The average Bonchev–Trinajstić information content (AvgIpc) is 2.03. The zero-order valence-electron chi connectivity index (χ0n) is 6.68. The van der Waals surface area contributed by atoms with Crippen LogP contribution in [-0.4, -0.2) is 9.97 Å². The van der Waals surface area contributed by atoms with Crippen molar-refractivity contribution in [1.82, 2.24) is 9.97 Å². The number of anilines is 1. The Morgan fingerprint density at radius 1 is 1.46 bits per heavy atom. The number of hydrogen-bond donors (Lipinski definition) is 2. The first-order valence-corrected chi connectivity index (χ1v) is 3.32. The van der Waals surface area contributed by atoms with Crippen LogP contribution < -0.4 is 11.3 Å². The second-order valence-electron chi connectivity index (χ2n) is 2.37. The molecule has 1 rings (SSSR count). The molecule has 0 aromatic carbocycles. The Bertz CT molecular complexity index is 309. The summed E-state index contributed by atoms with van der Waals surface area (Å²) in [7, 11) is 0. The molecule has 0 aliphatic rings. The molecule has 0 aliphatic carbocycles. The third kappa shape index (κ3) is 2.05. The van der Waals surface area contributed by atoms with E-state index in [1.807, 2.05) is 0 Å². The molecule has 0 fully saturated rings. The van der Waals surface area contributed by atoms with E-state index in [1.54, 1.807) is 6.92 Å². The van der Waals surface area contributed by atoms with E-state index in [1.165, 1.54) is 0 Å². The van der Waals surface area contributed by atoms with Crippen molar-refractivity contribution < 1.29 is 13.2 Å². The zero-order chi connectivity index (χ0) is 10.1. The van der Waals surface area contributed by atoms with Crippen LogP contribution in [0.2, 0.25) is 0 Å². The summed E-state index contributed by atoms with van der Waals surface area (Å²) in [6, 6.07) is 0. The lowest BCUT2D eigenvalue weighted by Crippen LogP contribution is -2.16. The number of nitrogens with one attached hydrogen (secondary N) is 1. The monoisotopic (exact) mass is 192 g/mol. The van der Waals surface area contributed by atoms with Gasteiger partial charge in [0, 0.05) is 11.8 Å². The van der Waals surface area contributed by atoms with E-state index in [0.29, 0.717) is 5.56 Å². The van der Waals surface area contributed by atoms with Gasteiger partial charge in [0.1, 0.15) is 5.82 Å². The smallest absolute Gasteiger partial charge is 0.308 e. The van der Waals surface area contributed by atoms with Gasteiger partial charge in [0.2, 0.25) is 5.82 Å². The van der Waals surface area contributed by atoms with Gasteiger partial charge in [0.15, 0.2) is 0 Å². The first kappa shape index (κ1) is 9.72. The molecule has 0 bridgehead atoms. The molecule has 1 aromatic rings. The molecular weight excluding hydrogens is 185 g/mol. The number of nitrogens with zero attached hydrogens (tertiary/aromatic N) is 2. The summed E-state index contributed by atoms with van der Waals surface area (Å²) in [4.78, 5) is 6.32. The van der Waals surface area contributed by atoms with Crippen LogP contribution in [0.1, 0.15) is 11.4 Å². The number of nitrogens with two attached hydrogens (primary N) is 1. The van der Waals surface area contributed by atoms with E-state index in [2.05, 4.69) is 15.4 Å². The number of halogens is 3. The fraction of sp³-hybridized carbons (Fsp3) is 0.333. The molecule has 0 unspecified atom stereocenters. The van der Waals surface area contributed by atoms with E-state index < -0.39 is 12.0 Å². The predicted molar refractivity (Wildman–Crippen MR) is 39.6 cm³/mol. The van der Waals surface area contributed by atoms with Gasteiger partial charge in [-0.1, -0.05) is 0 Å². The highest BCUT2D eigenvalue weighted by atomic mass is 19.4. The Morgan fingerprint density at radius 3 is 2.54 bits per heavy atom. The third-order valence-corrected chi connectivity index (χ3v) is 1.36. The number of hydrazine groups is 1. The van der Waals surface area contributed by atoms with Gasteiger partial charge in [-0.05, 0) is 6.92 Å². The summed E-state index contributed by atoms with van der Waals surface area (Å²) in [6.45, 7) is 1.55. The number of hydrogen-bond acceptors (Lipinski definition) is 4. The summed E-state index contributed by atoms with van der Waals surface area (Å²) in [5, 5.41) is 0. The van der Waals surface area contributed by atoms with Crippen LogP contribution in [0.25, 0.3) is 0 Å². The molecule has 1 aromatic heterocycles. The van der Waals surface area contributed by atoms with Crippen molar-refractivity contribution in [3.63, 3.8) is 0 Å². The van der Waals surface area contributed by atoms with Crippen molar-refractivity contribution in [3.8, 4) is 0 Å². The Labute approximate surface area is 72.0 Å². The van der Waals surface area contributed by atoms with Crippen molar-refractivity contribution in [3.05, 3.63) is 17.6 Å². The minimum Gasteiger partial charge on any atom is -0.308 e. The van der Waals surface area contributed by atoms with Crippen molar-refractivity contribution in [1.29, 1.82) is 0 Å². The van der Waals surface area contributed by atoms with Crippen LogP contribution in [0.4, 0.5) is 19.0 Å². The largest absolute Gasteiger partial charge is 0.451 e. The molecule has 7 heteroatoms. The molecule has 0 saturated carbocycles. The second kappa shape index (κ2) is 3.17. The fourth-order valence-electron chi connectivity index (χ4n) is 0.725. The molecular formula is C6H7F3N4. The Morgan fingerprint density at radius 2 is 2.08 bits per heavy atom. The van der Waals surface area contributed by atoms with Crippen LogP contribution >= 0.6 is 0 Å². The molecule has 1 heterocycles. The zero-order valence-corrected chi connectivity index (χ0v) is 6.68. The average molecular weight is 192 g/mol. The van der Waals surface area contributed by atoms with Crippen LogP contribution in [-0.2, 0) is 6.18 Å². The third-order valence-electron chi connectivity index (χ3n) is 1.36. The van der Waals surface area contributed by atoms with Crippen LogP contribution in [0.15, 0.2) is 6.20 Å². The molecule has 72 valence electrons. The predicted octanol–water partition coefficient (Wildman–Crippen LogP) is 1.09. The molecule has 0 atom stereocenters. The fourth-order valence-corrected chi connectivity index (χ4v) is 0.725. The normalized spacial score (nSPS) is 11.5. The first-order chi connectivity index (χ1) is 5.95. The molecule has 0 spiro atoms. The minimum absolute atomic E-state index is 0.0256. The summed E-state index contributed by atoms with van der Waals surface area (Å²) >= 11 is 0. The second-order valence-corrected chi connectivity index (χ2v) is 2.37. The molecule has 0 amide bonds. The molecule has 4 nitrogen and oxygen atoms in total. The van der Waals surface area contributed by atoms with Gasteiger partial charge in [0.05, 0.1) is 0 Å². The summed E-state index contributed by atoms with van der Waals surface area (Å²) in [5.41, 5.74) is 2.51. The van der Waals surface area contributed by atoms with Gasteiger partial charge in [-0.25, -0.2) is 15.8 Å². The number of nitrogen functional groups attached to an aromatic ring is 1. The number of aryl methyl sites for hydroxylation is 1. The molecule has 0 aliphatic heterocycles. The van der Waals surface area contributed by atoms with E-state index in [-0.39, 0.29) is 5.82 Å². The van der Waals surface area contributed by atoms with Crippen molar-refractivity contribution in [2.75, 3.05) is 5.43 Å². The lowest BCUT2D eigenvalue weighted by atomic mass is 10.3. The first-order valence-electron chi connectivity index (χ1n) is 3.32. The summed E-state index contributed by atoms with van der Waals surface area (Å²) < 4.78 is 36.1.